The Labute approximate surface area is 175 Å². The summed E-state index contributed by atoms with van der Waals surface area (Å²) in [5, 5.41) is 0. The van der Waals surface area contributed by atoms with Crippen LogP contribution in [0.25, 0.3) is 11.0 Å². The normalized spacial score (nSPS) is 17.4. The monoisotopic (exact) mass is 405 g/mol. The van der Waals surface area contributed by atoms with E-state index in [1.54, 1.807) is 6.07 Å². The Balaban J connectivity index is 1.32. The number of benzene rings is 1. The van der Waals surface area contributed by atoms with Crippen molar-refractivity contribution in [1.82, 2.24) is 24.0 Å². The summed E-state index contributed by atoms with van der Waals surface area (Å²) in [6.07, 6.45) is 3.72. The molecule has 0 atom stereocenters. The van der Waals surface area contributed by atoms with Crippen molar-refractivity contribution < 1.29 is 4.79 Å². The summed E-state index contributed by atoms with van der Waals surface area (Å²) in [5.41, 5.74) is 2.71. The Hall–Kier alpha value is -2.96. The number of nitrogens with zero attached hydrogens (tertiary/aromatic N) is 5. The number of amides is 1. The van der Waals surface area contributed by atoms with E-state index in [2.05, 4.69) is 36.4 Å². The van der Waals surface area contributed by atoms with Crippen LogP contribution in [0.5, 0.6) is 0 Å². The van der Waals surface area contributed by atoms with Gasteiger partial charge in [-0.1, -0.05) is 32.9 Å². The Bertz CT molecular complexity index is 1180. The fraction of sp³-hybridized carbons (Fsp3) is 0.478. The summed E-state index contributed by atoms with van der Waals surface area (Å²) in [6, 6.07) is 9.93. The molecule has 5 rings (SSSR count). The SMILES string of the molecule is CC(C)(C)c1nc2ccccc2n1C1CN(C(=O)Cn2cnc(C3CC3)cc2=O)C1. The number of hydrogen-bond acceptors (Lipinski definition) is 4. The summed E-state index contributed by atoms with van der Waals surface area (Å²) in [6.45, 7) is 7.79. The summed E-state index contributed by atoms with van der Waals surface area (Å²) in [7, 11) is 0. The molecule has 1 aromatic carbocycles. The lowest BCUT2D eigenvalue weighted by Crippen LogP contribution is -2.52. The number of aromatic nitrogens is 4. The Kier molecular flexibility index (Phi) is 4.31. The highest BCUT2D eigenvalue weighted by atomic mass is 16.2. The first-order chi connectivity index (χ1) is 14.3. The van der Waals surface area contributed by atoms with Gasteiger partial charge < -0.3 is 9.47 Å². The van der Waals surface area contributed by atoms with Crippen LogP contribution >= 0.6 is 0 Å². The third-order valence-corrected chi connectivity index (χ3v) is 6.05. The van der Waals surface area contributed by atoms with Crippen molar-refractivity contribution >= 4 is 16.9 Å². The van der Waals surface area contributed by atoms with Gasteiger partial charge in [-0.25, -0.2) is 9.97 Å². The number of carbonyl (C=O) groups excluding carboxylic acids is 1. The van der Waals surface area contributed by atoms with Crippen molar-refractivity contribution in [2.45, 2.75) is 57.5 Å². The molecule has 2 aliphatic rings. The van der Waals surface area contributed by atoms with Gasteiger partial charge in [0.1, 0.15) is 12.4 Å². The van der Waals surface area contributed by atoms with Gasteiger partial charge in [0, 0.05) is 30.5 Å². The van der Waals surface area contributed by atoms with Gasteiger partial charge in [0.2, 0.25) is 5.91 Å². The zero-order valence-electron chi connectivity index (χ0n) is 17.7. The molecule has 1 amide bonds. The molecule has 2 aromatic heterocycles. The molecule has 1 aliphatic carbocycles. The van der Waals surface area contributed by atoms with Crippen LogP contribution in [-0.2, 0) is 16.8 Å². The average Bonchev–Trinajstić information content (AvgIpc) is 3.43. The molecule has 0 unspecified atom stereocenters. The minimum absolute atomic E-state index is 0.0420. The summed E-state index contributed by atoms with van der Waals surface area (Å²) < 4.78 is 3.70. The molecule has 156 valence electrons. The van der Waals surface area contributed by atoms with Gasteiger partial charge in [-0.3, -0.25) is 14.2 Å². The number of carbonyl (C=O) groups is 1. The lowest BCUT2D eigenvalue weighted by Gasteiger charge is -2.42. The predicted molar refractivity (Wildman–Crippen MR) is 115 cm³/mol. The van der Waals surface area contributed by atoms with Crippen molar-refractivity contribution in [3.63, 3.8) is 0 Å². The number of likely N-dealkylation sites (tertiary alicyclic amines) is 1. The lowest BCUT2D eigenvalue weighted by atomic mass is 9.94. The minimum atomic E-state index is -0.145. The molecule has 0 N–H and O–H groups in total. The van der Waals surface area contributed by atoms with E-state index >= 15 is 0 Å². The van der Waals surface area contributed by atoms with Crippen LogP contribution in [0.15, 0.2) is 41.5 Å². The Morgan fingerprint density at radius 3 is 2.57 bits per heavy atom. The largest absolute Gasteiger partial charge is 0.337 e. The summed E-state index contributed by atoms with van der Waals surface area (Å²) >= 11 is 0. The van der Waals surface area contributed by atoms with Crippen LogP contribution < -0.4 is 5.56 Å². The van der Waals surface area contributed by atoms with E-state index in [-0.39, 0.29) is 29.5 Å². The zero-order chi connectivity index (χ0) is 21.0. The summed E-state index contributed by atoms with van der Waals surface area (Å²) in [4.78, 5) is 36.1. The molecule has 0 bridgehead atoms. The highest BCUT2D eigenvalue weighted by molar-refractivity contribution is 5.78. The molecule has 7 nitrogen and oxygen atoms in total. The predicted octanol–water partition coefficient (Wildman–Crippen LogP) is 2.85. The number of fused-ring (bicyclic) bond motifs is 1. The molecule has 1 saturated carbocycles. The maximum Gasteiger partial charge on any atom is 0.254 e. The number of rotatable bonds is 4. The van der Waals surface area contributed by atoms with Crippen LogP contribution in [-0.4, -0.2) is 43.0 Å². The van der Waals surface area contributed by atoms with Gasteiger partial charge >= 0.3 is 0 Å². The van der Waals surface area contributed by atoms with Crippen molar-refractivity contribution in [3.8, 4) is 0 Å². The van der Waals surface area contributed by atoms with Crippen molar-refractivity contribution in [3.05, 3.63) is 58.5 Å². The van der Waals surface area contributed by atoms with Gasteiger partial charge in [-0.2, -0.15) is 0 Å². The third-order valence-electron chi connectivity index (χ3n) is 6.05. The van der Waals surface area contributed by atoms with E-state index in [0.29, 0.717) is 19.0 Å². The molecule has 30 heavy (non-hydrogen) atoms. The van der Waals surface area contributed by atoms with Crippen LogP contribution in [0.3, 0.4) is 0 Å². The first-order valence-electron chi connectivity index (χ1n) is 10.6. The molecule has 3 aromatic rings. The second kappa shape index (κ2) is 6.79. The molecule has 3 heterocycles. The van der Waals surface area contributed by atoms with Crippen molar-refractivity contribution in [2.24, 2.45) is 0 Å². The van der Waals surface area contributed by atoms with Gasteiger partial charge in [0.25, 0.3) is 5.56 Å². The quantitative estimate of drug-likeness (QED) is 0.669. The van der Waals surface area contributed by atoms with E-state index in [1.165, 1.54) is 10.9 Å². The van der Waals surface area contributed by atoms with Gasteiger partial charge in [-0.15, -0.1) is 0 Å². The standard InChI is InChI=1S/C23H27N5O2/c1-23(2,3)22-25-17-6-4-5-7-19(17)28(22)16-11-26(12-16)21(30)13-27-14-24-18(10-20(27)29)15-8-9-15/h4-7,10,14-16H,8-9,11-13H2,1-3H3. The second-order valence-electron chi connectivity index (χ2n) is 9.55. The topological polar surface area (TPSA) is 73.0 Å². The van der Waals surface area contributed by atoms with Crippen LogP contribution in [0, 0.1) is 0 Å². The zero-order valence-corrected chi connectivity index (χ0v) is 17.7. The van der Waals surface area contributed by atoms with Gasteiger partial charge in [0.05, 0.1) is 29.1 Å². The van der Waals surface area contributed by atoms with Crippen LogP contribution in [0.2, 0.25) is 0 Å². The van der Waals surface area contributed by atoms with E-state index < -0.39 is 0 Å². The van der Waals surface area contributed by atoms with E-state index in [9.17, 15) is 9.59 Å². The average molecular weight is 406 g/mol. The van der Waals surface area contributed by atoms with Crippen LogP contribution in [0.1, 0.15) is 57.1 Å². The molecule has 7 heteroatoms. The van der Waals surface area contributed by atoms with Gasteiger partial charge in [0.15, 0.2) is 0 Å². The van der Waals surface area contributed by atoms with Crippen LogP contribution in [0.4, 0.5) is 0 Å². The molecule has 0 radical (unpaired) electrons. The van der Waals surface area contributed by atoms with Crippen molar-refractivity contribution in [2.75, 3.05) is 13.1 Å². The third kappa shape index (κ3) is 3.32. The molecule has 2 fully saturated rings. The second-order valence-corrected chi connectivity index (χ2v) is 9.55. The fourth-order valence-corrected chi connectivity index (χ4v) is 4.17. The molecule has 1 aliphatic heterocycles. The van der Waals surface area contributed by atoms with E-state index in [0.717, 1.165) is 35.4 Å². The lowest BCUT2D eigenvalue weighted by molar-refractivity contribution is -0.137. The van der Waals surface area contributed by atoms with E-state index in [4.69, 9.17) is 4.98 Å². The highest BCUT2D eigenvalue weighted by Gasteiger charge is 2.36. The Morgan fingerprint density at radius 1 is 1.17 bits per heavy atom. The maximum absolute atomic E-state index is 12.8. The molecular formula is C23H27N5O2. The minimum Gasteiger partial charge on any atom is -0.337 e. The number of hydrogen-bond donors (Lipinski definition) is 0. The maximum atomic E-state index is 12.8. The summed E-state index contributed by atoms with van der Waals surface area (Å²) in [5.74, 6) is 1.43. The molecule has 0 spiro atoms. The molecular weight excluding hydrogens is 378 g/mol. The van der Waals surface area contributed by atoms with Crippen molar-refractivity contribution in [1.29, 1.82) is 0 Å². The first-order valence-corrected chi connectivity index (χ1v) is 10.6. The smallest absolute Gasteiger partial charge is 0.254 e. The fourth-order valence-electron chi connectivity index (χ4n) is 4.17. The first kappa shape index (κ1) is 19.0. The molecule has 1 saturated heterocycles. The Morgan fingerprint density at radius 2 is 1.90 bits per heavy atom. The number of para-hydroxylation sites is 2. The number of imidazole rings is 1. The van der Waals surface area contributed by atoms with Gasteiger partial charge in [-0.05, 0) is 25.0 Å². The highest BCUT2D eigenvalue weighted by Crippen LogP contribution is 2.38. The van der Waals surface area contributed by atoms with E-state index in [1.807, 2.05) is 23.1 Å².